The summed E-state index contributed by atoms with van der Waals surface area (Å²) in [4.78, 5) is 26.2. The van der Waals surface area contributed by atoms with Crippen LogP contribution in [-0.4, -0.2) is 29.2 Å². The van der Waals surface area contributed by atoms with E-state index in [0.29, 0.717) is 6.61 Å². The predicted molar refractivity (Wildman–Crippen MR) is 99.6 cm³/mol. The van der Waals surface area contributed by atoms with Crippen LogP contribution in [0, 0.1) is 0 Å². The second kappa shape index (κ2) is 8.25. The molecule has 0 aromatic heterocycles. The molecule has 0 fully saturated rings. The predicted octanol–water partition coefficient (Wildman–Crippen LogP) is 4.55. The van der Waals surface area contributed by atoms with Crippen molar-refractivity contribution in [3.63, 3.8) is 0 Å². The van der Waals surface area contributed by atoms with E-state index in [-0.39, 0.29) is 12.4 Å². The highest BCUT2D eigenvalue weighted by molar-refractivity contribution is 8.11. The summed E-state index contributed by atoms with van der Waals surface area (Å²) in [6.07, 6.45) is 3.21. The Balaban J connectivity index is 2.15. The molecule has 0 saturated carbocycles. The van der Waals surface area contributed by atoms with Gasteiger partial charge in [0, 0.05) is 17.3 Å². The van der Waals surface area contributed by atoms with Crippen LogP contribution in [0.5, 0.6) is 0 Å². The van der Waals surface area contributed by atoms with Crippen molar-refractivity contribution in [2.45, 2.75) is 39.7 Å². The summed E-state index contributed by atoms with van der Waals surface area (Å²) in [6, 6.07) is 7.65. The summed E-state index contributed by atoms with van der Waals surface area (Å²) in [5.41, 5.74) is 1.25. The van der Waals surface area contributed by atoms with E-state index in [1.807, 2.05) is 50.4 Å². The molecule has 1 aromatic rings. The van der Waals surface area contributed by atoms with Crippen molar-refractivity contribution >= 4 is 28.7 Å². The molecule has 0 bridgehead atoms. The fourth-order valence-corrected chi connectivity index (χ4v) is 2.93. The fourth-order valence-electron chi connectivity index (χ4n) is 2.15. The Kier molecular flexibility index (Phi) is 6.31. The first-order valence-corrected chi connectivity index (χ1v) is 8.98. The minimum atomic E-state index is -0.553. The van der Waals surface area contributed by atoms with E-state index >= 15 is 0 Å². The Morgan fingerprint density at radius 1 is 1.24 bits per heavy atom. The molecule has 6 heteroatoms. The average Bonchev–Trinajstić information content (AvgIpc) is 2.54. The summed E-state index contributed by atoms with van der Waals surface area (Å²) in [6.45, 7) is 7.65. The molecule has 1 amide bonds. The summed E-state index contributed by atoms with van der Waals surface area (Å²) in [7, 11) is 0. The number of ether oxygens (including phenoxy) is 2. The lowest BCUT2D eigenvalue weighted by Crippen LogP contribution is -2.31. The van der Waals surface area contributed by atoms with Crippen LogP contribution < -0.4 is 0 Å². The van der Waals surface area contributed by atoms with Crippen LogP contribution in [0.1, 0.15) is 38.8 Å². The lowest BCUT2D eigenvalue weighted by atomic mass is 10.1. The molecule has 1 aliphatic rings. The van der Waals surface area contributed by atoms with Crippen molar-refractivity contribution < 1.29 is 19.1 Å². The lowest BCUT2D eigenvalue weighted by molar-refractivity contribution is -0.142. The van der Waals surface area contributed by atoms with Gasteiger partial charge in [0.25, 0.3) is 0 Å². The topological polar surface area (TPSA) is 55.8 Å². The van der Waals surface area contributed by atoms with E-state index in [1.165, 1.54) is 16.7 Å². The van der Waals surface area contributed by atoms with Crippen molar-refractivity contribution in [3.05, 3.63) is 53.2 Å². The van der Waals surface area contributed by atoms with E-state index in [2.05, 4.69) is 0 Å². The molecular formula is C19H23NO4S. The fraction of sp³-hybridized carbons (Fsp3) is 0.368. The molecule has 0 saturated heterocycles. The molecule has 2 rings (SSSR count). The summed E-state index contributed by atoms with van der Waals surface area (Å²) < 4.78 is 10.4. The van der Waals surface area contributed by atoms with Gasteiger partial charge in [-0.15, -0.1) is 0 Å². The van der Waals surface area contributed by atoms with Crippen LogP contribution in [0.3, 0.4) is 0 Å². The van der Waals surface area contributed by atoms with Crippen molar-refractivity contribution in [2.24, 2.45) is 0 Å². The minimum absolute atomic E-state index is 0.227. The van der Waals surface area contributed by atoms with Gasteiger partial charge in [0.2, 0.25) is 0 Å². The van der Waals surface area contributed by atoms with Crippen LogP contribution in [-0.2, 0) is 20.7 Å². The molecule has 0 spiro atoms. The van der Waals surface area contributed by atoms with Crippen molar-refractivity contribution in [1.29, 1.82) is 0 Å². The van der Waals surface area contributed by atoms with Gasteiger partial charge in [-0.25, -0.2) is 4.79 Å². The number of rotatable bonds is 4. The second-order valence-corrected chi connectivity index (χ2v) is 7.41. The zero-order valence-electron chi connectivity index (χ0n) is 14.9. The van der Waals surface area contributed by atoms with E-state index in [9.17, 15) is 9.59 Å². The highest BCUT2D eigenvalue weighted by Gasteiger charge is 2.22. The van der Waals surface area contributed by atoms with E-state index in [4.69, 9.17) is 9.47 Å². The average molecular weight is 361 g/mol. The van der Waals surface area contributed by atoms with Crippen molar-refractivity contribution in [3.8, 4) is 0 Å². The highest BCUT2D eigenvalue weighted by atomic mass is 32.2. The number of hydrogen-bond donors (Lipinski definition) is 0. The van der Waals surface area contributed by atoms with Gasteiger partial charge in [-0.3, -0.25) is 9.69 Å². The number of carbonyl (C=O) groups is 2. The Labute approximate surface area is 152 Å². The van der Waals surface area contributed by atoms with Gasteiger partial charge in [-0.2, -0.15) is 0 Å². The molecule has 5 nitrogen and oxygen atoms in total. The van der Waals surface area contributed by atoms with Gasteiger partial charge < -0.3 is 9.47 Å². The largest absolute Gasteiger partial charge is 0.466 e. The SMILES string of the molecule is CCOC(=O)Cc1cccc(C2=CN(C(=O)OC(C)(C)C)C=CS2)c1. The van der Waals surface area contributed by atoms with Gasteiger partial charge >= 0.3 is 12.1 Å². The number of thioether (sulfide) groups is 1. The molecule has 0 unspecified atom stereocenters. The van der Waals surface area contributed by atoms with E-state index < -0.39 is 11.7 Å². The minimum Gasteiger partial charge on any atom is -0.466 e. The zero-order valence-corrected chi connectivity index (χ0v) is 15.8. The molecule has 1 aliphatic heterocycles. The lowest BCUT2D eigenvalue weighted by Gasteiger charge is -2.25. The third-order valence-electron chi connectivity index (χ3n) is 3.14. The molecule has 0 aliphatic carbocycles. The van der Waals surface area contributed by atoms with Gasteiger partial charge in [-0.1, -0.05) is 30.0 Å². The standard InChI is InChI=1S/C19H23NO4S/c1-5-23-17(21)12-14-7-6-8-15(11-14)16-13-20(9-10-25-16)18(22)24-19(2,3)4/h6-11,13H,5,12H2,1-4H3. The third kappa shape index (κ3) is 5.98. The number of amides is 1. The number of nitrogens with zero attached hydrogens (tertiary/aromatic N) is 1. The van der Waals surface area contributed by atoms with Gasteiger partial charge in [-0.05, 0) is 50.3 Å². The highest BCUT2D eigenvalue weighted by Crippen LogP contribution is 2.33. The Morgan fingerprint density at radius 2 is 2.00 bits per heavy atom. The quantitative estimate of drug-likeness (QED) is 0.737. The number of benzene rings is 1. The number of carbonyl (C=O) groups excluding carboxylic acids is 2. The first-order valence-electron chi connectivity index (χ1n) is 8.10. The number of esters is 1. The Bertz CT molecular complexity index is 704. The van der Waals surface area contributed by atoms with Crippen molar-refractivity contribution in [2.75, 3.05) is 6.61 Å². The molecule has 0 atom stereocenters. The maximum atomic E-state index is 12.2. The second-order valence-electron chi connectivity index (χ2n) is 6.47. The number of hydrogen-bond acceptors (Lipinski definition) is 5. The monoisotopic (exact) mass is 361 g/mol. The molecule has 1 heterocycles. The first kappa shape index (κ1) is 19.1. The third-order valence-corrected chi connectivity index (χ3v) is 4.00. The molecule has 0 radical (unpaired) electrons. The Morgan fingerprint density at radius 3 is 2.68 bits per heavy atom. The van der Waals surface area contributed by atoms with Crippen LogP contribution >= 0.6 is 11.8 Å². The normalized spacial score (nSPS) is 14.1. The smallest absolute Gasteiger partial charge is 0.418 e. The summed E-state index contributed by atoms with van der Waals surface area (Å²) in [5, 5.41) is 1.83. The van der Waals surface area contributed by atoms with Crippen LogP contribution in [0.15, 0.2) is 42.1 Å². The molecule has 25 heavy (non-hydrogen) atoms. The maximum absolute atomic E-state index is 12.2. The molecule has 1 aromatic carbocycles. The molecule has 134 valence electrons. The molecular weight excluding hydrogens is 338 g/mol. The Hall–Kier alpha value is -2.21. The van der Waals surface area contributed by atoms with E-state index in [0.717, 1.165) is 16.0 Å². The van der Waals surface area contributed by atoms with Crippen LogP contribution in [0.4, 0.5) is 4.79 Å². The van der Waals surface area contributed by atoms with E-state index in [1.54, 1.807) is 19.3 Å². The summed E-state index contributed by atoms with van der Waals surface area (Å²) >= 11 is 1.51. The maximum Gasteiger partial charge on any atom is 0.418 e. The first-order chi connectivity index (χ1) is 11.8. The zero-order chi connectivity index (χ0) is 18.4. The van der Waals surface area contributed by atoms with Crippen LogP contribution in [0.2, 0.25) is 0 Å². The van der Waals surface area contributed by atoms with Gasteiger partial charge in [0.05, 0.1) is 13.0 Å². The van der Waals surface area contributed by atoms with Crippen molar-refractivity contribution in [1.82, 2.24) is 4.90 Å². The van der Waals surface area contributed by atoms with Gasteiger partial charge in [0.15, 0.2) is 0 Å². The van der Waals surface area contributed by atoms with Gasteiger partial charge in [0.1, 0.15) is 5.60 Å². The molecule has 0 N–H and O–H groups in total. The van der Waals surface area contributed by atoms with Crippen LogP contribution in [0.25, 0.3) is 4.91 Å². The summed E-state index contributed by atoms with van der Waals surface area (Å²) in [5.74, 6) is -0.250.